The van der Waals surface area contributed by atoms with E-state index in [4.69, 9.17) is 9.52 Å². The van der Waals surface area contributed by atoms with Crippen LogP contribution in [-0.4, -0.2) is 25.6 Å². The van der Waals surface area contributed by atoms with Crippen LogP contribution in [0.2, 0.25) is 0 Å². The van der Waals surface area contributed by atoms with Gasteiger partial charge in [0.05, 0.1) is 6.20 Å². The molecule has 0 fully saturated rings. The highest BCUT2D eigenvalue weighted by atomic mass is 32.1. The second kappa shape index (κ2) is 2.94. The maximum atomic E-state index is 10.4. The van der Waals surface area contributed by atoms with Crippen molar-refractivity contribution >= 4 is 17.5 Å². The number of hydrogen-bond acceptors (Lipinski definition) is 6. The average molecular weight is 197 g/mol. The van der Waals surface area contributed by atoms with Crippen LogP contribution in [0, 0.1) is 0 Å². The molecule has 0 saturated heterocycles. The maximum absolute atomic E-state index is 10.4. The van der Waals surface area contributed by atoms with Crippen molar-refractivity contribution in [2.45, 2.75) is 0 Å². The Morgan fingerprint density at radius 3 is 3.00 bits per heavy atom. The van der Waals surface area contributed by atoms with Gasteiger partial charge >= 0.3 is 5.97 Å². The van der Waals surface area contributed by atoms with E-state index in [1.54, 1.807) is 5.38 Å². The van der Waals surface area contributed by atoms with Gasteiger partial charge in [-0.25, -0.2) is 9.78 Å². The summed E-state index contributed by atoms with van der Waals surface area (Å²) in [6, 6.07) is 0. The summed E-state index contributed by atoms with van der Waals surface area (Å²) in [6.07, 6.45) is 1.14. The molecule has 2 rings (SSSR count). The first kappa shape index (κ1) is 7.87. The van der Waals surface area contributed by atoms with E-state index in [1.807, 2.05) is 0 Å². The van der Waals surface area contributed by atoms with Crippen molar-refractivity contribution in [3.05, 3.63) is 17.3 Å². The summed E-state index contributed by atoms with van der Waals surface area (Å²) in [6.45, 7) is 0. The van der Waals surface area contributed by atoms with Gasteiger partial charge < -0.3 is 9.52 Å². The molecule has 0 aliphatic carbocycles. The molecular formula is C6H3N3O3S. The fourth-order valence-corrected chi connectivity index (χ4v) is 1.18. The zero-order chi connectivity index (χ0) is 9.26. The third-order valence-electron chi connectivity index (χ3n) is 1.30. The SMILES string of the molecule is O=C(O)c1cnc(-c2csnn2)o1. The van der Waals surface area contributed by atoms with Crippen molar-refractivity contribution in [1.29, 1.82) is 0 Å². The van der Waals surface area contributed by atoms with Crippen LogP contribution in [0.3, 0.4) is 0 Å². The Morgan fingerprint density at radius 2 is 2.46 bits per heavy atom. The Morgan fingerprint density at radius 1 is 1.62 bits per heavy atom. The molecule has 2 aromatic rings. The zero-order valence-electron chi connectivity index (χ0n) is 6.17. The summed E-state index contributed by atoms with van der Waals surface area (Å²) in [7, 11) is 0. The monoisotopic (exact) mass is 197 g/mol. The maximum Gasteiger partial charge on any atom is 0.373 e. The van der Waals surface area contributed by atoms with E-state index in [2.05, 4.69) is 14.6 Å². The highest BCUT2D eigenvalue weighted by Gasteiger charge is 2.13. The molecule has 0 spiro atoms. The third kappa shape index (κ3) is 1.41. The van der Waals surface area contributed by atoms with Crippen molar-refractivity contribution in [1.82, 2.24) is 14.6 Å². The summed E-state index contributed by atoms with van der Waals surface area (Å²) in [5.74, 6) is -1.18. The van der Waals surface area contributed by atoms with Gasteiger partial charge in [0, 0.05) is 5.38 Å². The van der Waals surface area contributed by atoms with Gasteiger partial charge in [-0.1, -0.05) is 4.49 Å². The van der Waals surface area contributed by atoms with Crippen LogP contribution in [0.25, 0.3) is 11.6 Å². The second-order valence-corrected chi connectivity index (χ2v) is 2.73. The van der Waals surface area contributed by atoms with Crippen LogP contribution in [0.4, 0.5) is 0 Å². The van der Waals surface area contributed by atoms with E-state index < -0.39 is 5.97 Å². The van der Waals surface area contributed by atoms with E-state index >= 15 is 0 Å². The first-order valence-corrected chi connectivity index (χ1v) is 4.07. The number of carboxylic acid groups (broad SMARTS) is 1. The fraction of sp³-hybridized carbons (Fsp3) is 0. The summed E-state index contributed by atoms with van der Waals surface area (Å²) in [4.78, 5) is 14.2. The van der Waals surface area contributed by atoms with Crippen LogP contribution in [0.1, 0.15) is 10.6 Å². The van der Waals surface area contributed by atoms with E-state index in [-0.39, 0.29) is 11.7 Å². The van der Waals surface area contributed by atoms with Crippen LogP contribution >= 0.6 is 11.5 Å². The molecule has 0 aliphatic heterocycles. The van der Waals surface area contributed by atoms with Gasteiger partial charge in [0.1, 0.15) is 0 Å². The minimum absolute atomic E-state index is 0.172. The Bertz CT molecular complexity index is 422. The van der Waals surface area contributed by atoms with Crippen molar-refractivity contribution in [3.8, 4) is 11.6 Å². The van der Waals surface area contributed by atoms with Crippen molar-refractivity contribution in [3.63, 3.8) is 0 Å². The lowest BCUT2D eigenvalue weighted by Crippen LogP contribution is -1.91. The van der Waals surface area contributed by atoms with Gasteiger partial charge in [-0.15, -0.1) is 5.10 Å². The highest BCUT2D eigenvalue weighted by Crippen LogP contribution is 2.16. The smallest absolute Gasteiger partial charge is 0.373 e. The molecule has 13 heavy (non-hydrogen) atoms. The molecule has 0 unspecified atom stereocenters. The molecule has 0 aliphatic rings. The van der Waals surface area contributed by atoms with Crippen molar-refractivity contribution < 1.29 is 14.3 Å². The molecule has 0 radical (unpaired) electrons. The number of rotatable bonds is 2. The van der Waals surface area contributed by atoms with Crippen LogP contribution < -0.4 is 0 Å². The average Bonchev–Trinajstić information content (AvgIpc) is 2.75. The predicted molar refractivity (Wildman–Crippen MR) is 42.4 cm³/mol. The lowest BCUT2D eigenvalue weighted by Gasteiger charge is -1.84. The molecule has 1 N–H and O–H groups in total. The zero-order valence-corrected chi connectivity index (χ0v) is 6.98. The van der Waals surface area contributed by atoms with Crippen LogP contribution in [0.15, 0.2) is 16.0 Å². The molecule has 0 bridgehead atoms. The lowest BCUT2D eigenvalue weighted by atomic mass is 10.5. The Labute approximate surface area is 76.0 Å². The summed E-state index contributed by atoms with van der Waals surface area (Å²) >= 11 is 1.14. The molecular weight excluding hydrogens is 194 g/mol. The molecule has 0 saturated carbocycles. The molecule has 0 aromatic carbocycles. The van der Waals surface area contributed by atoms with E-state index in [9.17, 15) is 4.79 Å². The van der Waals surface area contributed by atoms with Gasteiger partial charge in [0.15, 0.2) is 5.69 Å². The van der Waals surface area contributed by atoms with E-state index in [1.165, 1.54) is 0 Å². The predicted octanol–water partition coefficient (Wildman–Crippen LogP) is 0.891. The Balaban J connectivity index is 2.39. The molecule has 6 nitrogen and oxygen atoms in total. The topological polar surface area (TPSA) is 89.1 Å². The Hall–Kier alpha value is -1.76. The number of oxazole rings is 1. The number of hydrogen-bond donors (Lipinski definition) is 1. The number of aromatic carboxylic acids is 1. The summed E-state index contributed by atoms with van der Waals surface area (Å²) in [5.41, 5.74) is 0.442. The highest BCUT2D eigenvalue weighted by molar-refractivity contribution is 7.03. The minimum Gasteiger partial charge on any atom is -0.475 e. The van der Waals surface area contributed by atoms with E-state index in [0.29, 0.717) is 5.69 Å². The molecule has 2 aromatic heterocycles. The quantitative estimate of drug-likeness (QED) is 0.768. The molecule has 2 heterocycles. The van der Waals surface area contributed by atoms with Gasteiger partial charge in [-0.05, 0) is 11.5 Å². The number of nitrogens with zero attached hydrogens (tertiary/aromatic N) is 3. The van der Waals surface area contributed by atoms with Gasteiger partial charge in [-0.2, -0.15) is 0 Å². The van der Waals surface area contributed by atoms with E-state index in [0.717, 1.165) is 17.7 Å². The molecule has 7 heteroatoms. The largest absolute Gasteiger partial charge is 0.475 e. The van der Waals surface area contributed by atoms with Crippen molar-refractivity contribution in [2.75, 3.05) is 0 Å². The lowest BCUT2D eigenvalue weighted by molar-refractivity contribution is 0.0663. The number of aromatic nitrogens is 3. The number of carbonyl (C=O) groups is 1. The van der Waals surface area contributed by atoms with Gasteiger partial charge in [-0.3, -0.25) is 0 Å². The standard InChI is InChI=1S/C6H3N3O3S/c10-6(11)4-1-7-5(12-4)3-2-13-9-8-3/h1-2H,(H,10,11). The summed E-state index contributed by atoms with van der Waals surface area (Å²) in [5, 5.41) is 13.8. The number of carboxylic acids is 1. The normalized spacial score (nSPS) is 10.2. The minimum atomic E-state index is -1.15. The molecule has 0 amide bonds. The fourth-order valence-electron chi connectivity index (χ4n) is 0.749. The van der Waals surface area contributed by atoms with Crippen LogP contribution in [0.5, 0.6) is 0 Å². The third-order valence-corrected chi connectivity index (χ3v) is 1.80. The summed E-state index contributed by atoms with van der Waals surface area (Å²) < 4.78 is 8.48. The van der Waals surface area contributed by atoms with Gasteiger partial charge in [0.2, 0.25) is 11.7 Å². The van der Waals surface area contributed by atoms with Gasteiger partial charge in [0.25, 0.3) is 0 Å². The first-order valence-electron chi connectivity index (χ1n) is 3.24. The van der Waals surface area contributed by atoms with Crippen molar-refractivity contribution in [2.24, 2.45) is 0 Å². The molecule has 0 atom stereocenters. The Kier molecular flexibility index (Phi) is 1.78. The van der Waals surface area contributed by atoms with Crippen LogP contribution in [-0.2, 0) is 0 Å². The molecule has 66 valence electrons. The second-order valence-electron chi connectivity index (χ2n) is 2.12. The first-order chi connectivity index (χ1) is 6.27.